The lowest BCUT2D eigenvalue weighted by Crippen LogP contribution is -2.39. The number of hydrogen-bond acceptors (Lipinski definition) is 3. The summed E-state index contributed by atoms with van der Waals surface area (Å²) in [5, 5.41) is 0.830. The van der Waals surface area contributed by atoms with Crippen LogP contribution in [0.3, 0.4) is 0 Å². The van der Waals surface area contributed by atoms with E-state index < -0.39 is 0 Å². The third-order valence-electron chi connectivity index (χ3n) is 5.40. The normalized spacial score (nSPS) is 14.1. The number of aromatic nitrogens is 1. The van der Waals surface area contributed by atoms with Gasteiger partial charge in [-0.1, -0.05) is 18.2 Å². The SMILES string of the molecule is CN(CC(=O)c1c(-c2ccc(F)cc2)[nH]c2ccccc12)CC(=O)N1CCCC1. The lowest BCUT2D eigenvalue weighted by Gasteiger charge is -2.20. The van der Waals surface area contributed by atoms with Gasteiger partial charge in [0.15, 0.2) is 5.78 Å². The second kappa shape index (κ2) is 8.17. The standard InChI is InChI=1S/C23H24FN3O2/c1-26(15-21(29)27-12-4-5-13-27)14-20(28)22-18-6-2-3-7-19(18)25-23(22)16-8-10-17(24)11-9-16/h2-3,6-11,25H,4-5,12-15H2,1H3. The average molecular weight is 393 g/mol. The number of hydrogen-bond donors (Lipinski definition) is 1. The maximum absolute atomic E-state index is 13.4. The van der Waals surface area contributed by atoms with E-state index in [2.05, 4.69) is 4.98 Å². The molecule has 0 spiro atoms. The second-order valence-electron chi connectivity index (χ2n) is 7.61. The number of rotatable bonds is 6. The van der Waals surface area contributed by atoms with Crippen molar-refractivity contribution in [3.05, 3.63) is 59.9 Å². The van der Waals surface area contributed by atoms with Crippen LogP contribution >= 0.6 is 0 Å². The highest BCUT2D eigenvalue weighted by Gasteiger charge is 2.23. The molecule has 0 aliphatic carbocycles. The number of ketones is 1. The van der Waals surface area contributed by atoms with E-state index in [1.807, 2.05) is 29.2 Å². The van der Waals surface area contributed by atoms with Gasteiger partial charge in [-0.15, -0.1) is 0 Å². The zero-order chi connectivity index (χ0) is 20.4. The summed E-state index contributed by atoms with van der Waals surface area (Å²) in [4.78, 5) is 32.5. The fourth-order valence-electron chi connectivity index (χ4n) is 3.94. The molecule has 0 atom stereocenters. The summed E-state index contributed by atoms with van der Waals surface area (Å²) in [7, 11) is 1.79. The van der Waals surface area contributed by atoms with Gasteiger partial charge in [-0.3, -0.25) is 14.5 Å². The summed E-state index contributed by atoms with van der Waals surface area (Å²) in [6, 6.07) is 13.7. The number of amides is 1. The highest BCUT2D eigenvalue weighted by atomic mass is 19.1. The van der Waals surface area contributed by atoms with Crippen LogP contribution in [0.25, 0.3) is 22.2 Å². The average Bonchev–Trinajstić information content (AvgIpc) is 3.36. The Hall–Kier alpha value is -2.99. The molecule has 0 unspecified atom stereocenters. The third-order valence-corrected chi connectivity index (χ3v) is 5.40. The fourth-order valence-corrected chi connectivity index (χ4v) is 3.94. The largest absolute Gasteiger partial charge is 0.354 e. The first kappa shape index (κ1) is 19.3. The highest BCUT2D eigenvalue weighted by molar-refractivity contribution is 6.14. The maximum Gasteiger partial charge on any atom is 0.236 e. The number of nitrogens with zero attached hydrogens (tertiary/aromatic N) is 2. The number of nitrogens with one attached hydrogen (secondary N) is 1. The van der Waals surface area contributed by atoms with Crippen LogP contribution in [0.2, 0.25) is 0 Å². The number of carbonyl (C=O) groups excluding carboxylic acids is 2. The fraction of sp³-hybridized carbons (Fsp3) is 0.304. The van der Waals surface area contributed by atoms with Crippen molar-refractivity contribution in [3.8, 4) is 11.3 Å². The van der Waals surface area contributed by atoms with Crippen molar-refractivity contribution in [1.29, 1.82) is 0 Å². The molecule has 1 N–H and O–H groups in total. The van der Waals surface area contributed by atoms with E-state index in [0.29, 0.717) is 11.3 Å². The minimum Gasteiger partial charge on any atom is -0.354 e. The lowest BCUT2D eigenvalue weighted by molar-refractivity contribution is -0.130. The van der Waals surface area contributed by atoms with Gasteiger partial charge in [-0.2, -0.15) is 0 Å². The minimum absolute atomic E-state index is 0.0653. The van der Waals surface area contributed by atoms with Crippen LogP contribution in [0.1, 0.15) is 23.2 Å². The number of fused-ring (bicyclic) bond motifs is 1. The molecule has 0 bridgehead atoms. The molecule has 0 saturated carbocycles. The van der Waals surface area contributed by atoms with Crippen molar-refractivity contribution in [2.24, 2.45) is 0 Å². The minimum atomic E-state index is -0.321. The van der Waals surface area contributed by atoms with Crippen molar-refractivity contribution in [2.45, 2.75) is 12.8 Å². The Morgan fingerprint density at radius 2 is 1.72 bits per heavy atom. The summed E-state index contributed by atoms with van der Waals surface area (Å²) in [5.74, 6) is -0.327. The Bertz CT molecular complexity index is 1040. The van der Waals surface area contributed by atoms with Crippen molar-refractivity contribution < 1.29 is 14.0 Å². The van der Waals surface area contributed by atoms with E-state index in [9.17, 15) is 14.0 Å². The molecule has 0 radical (unpaired) electrons. The quantitative estimate of drug-likeness (QED) is 0.650. The van der Waals surface area contributed by atoms with Gasteiger partial charge < -0.3 is 9.88 Å². The molecule has 1 aromatic heterocycles. The van der Waals surface area contributed by atoms with Crippen molar-refractivity contribution >= 4 is 22.6 Å². The molecule has 1 fully saturated rings. The molecule has 1 amide bonds. The first-order chi connectivity index (χ1) is 14.0. The molecule has 4 rings (SSSR count). The van der Waals surface area contributed by atoms with E-state index in [0.717, 1.165) is 42.4 Å². The number of likely N-dealkylation sites (N-methyl/N-ethyl adjacent to an activating group) is 1. The van der Waals surface area contributed by atoms with Crippen LogP contribution in [-0.4, -0.2) is 59.7 Å². The second-order valence-corrected chi connectivity index (χ2v) is 7.61. The number of halogens is 1. The summed E-state index contributed by atoms with van der Waals surface area (Å²) in [6.45, 7) is 1.96. The van der Waals surface area contributed by atoms with Gasteiger partial charge in [0.25, 0.3) is 0 Å². The first-order valence-corrected chi connectivity index (χ1v) is 9.89. The maximum atomic E-state index is 13.4. The van der Waals surface area contributed by atoms with E-state index in [-0.39, 0.29) is 30.6 Å². The van der Waals surface area contributed by atoms with Gasteiger partial charge in [0.2, 0.25) is 5.91 Å². The van der Waals surface area contributed by atoms with Crippen LogP contribution in [0.4, 0.5) is 4.39 Å². The van der Waals surface area contributed by atoms with Gasteiger partial charge in [0.05, 0.1) is 24.3 Å². The van der Waals surface area contributed by atoms with E-state index in [1.54, 1.807) is 24.1 Å². The summed E-state index contributed by atoms with van der Waals surface area (Å²) in [5.41, 5.74) is 2.86. The number of para-hydroxylation sites is 1. The van der Waals surface area contributed by atoms with E-state index >= 15 is 0 Å². The molecule has 6 heteroatoms. The molecule has 2 heterocycles. The Kier molecular flexibility index (Phi) is 5.45. The number of likely N-dealkylation sites (tertiary alicyclic amines) is 1. The summed E-state index contributed by atoms with van der Waals surface area (Å²) in [6.07, 6.45) is 2.09. The Balaban J connectivity index is 1.60. The zero-order valence-corrected chi connectivity index (χ0v) is 16.5. The summed E-state index contributed by atoms with van der Waals surface area (Å²) < 4.78 is 13.4. The molecule has 3 aromatic rings. The monoisotopic (exact) mass is 393 g/mol. The van der Waals surface area contributed by atoms with Gasteiger partial charge in [-0.25, -0.2) is 4.39 Å². The van der Waals surface area contributed by atoms with Crippen LogP contribution in [-0.2, 0) is 4.79 Å². The van der Waals surface area contributed by atoms with E-state index in [4.69, 9.17) is 0 Å². The molecular formula is C23H24FN3O2. The molecule has 1 aliphatic heterocycles. The molecule has 150 valence electrons. The Labute approximate surface area is 169 Å². The van der Waals surface area contributed by atoms with Crippen LogP contribution in [0, 0.1) is 5.82 Å². The number of aromatic amines is 1. The molecule has 5 nitrogen and oxygen atoms in total. The lowest BCUT2D eigenvalue weighted by atomic mass is 10.0. The number of carbonyl (C=O) groups is 2. The predicted molar refractivity (Wildman–Crippen MR) is 111 cm³/mol. The molecule has 1 saturated heterocycles. The number of Topliss-reactive ketones (excluding diaryl/α,β-unsaturated/α-hetero) is 1. The van der Waals surface area contributed by atoms with Crippen molar-refractivity contribution in [1.82, 2.24) is 14.8 Å². The Morgan fingerprint density at radius 1 is 1.03 bits per heavy atom. The van der Waals surface area contributed by atoms with Crippen LogP contribution in [0.5, 0.6) is 0 Å². The van der Waals surface area contributed by atoms with Crippen molar-refractivity contribution in [2.75, 3.05) is 33.2 Å². The molecule has 2 aromatic carbocycles. The van der Waals surface area contributed by atoms with Gasteiger partial charge in [0.1, 0.15) is 5.82 Å². The molecule has 29 heavy (non-hydrogen) atoms. The first-order valence-electron chi connectivity index (χ1n) is 9.89. The smallest absolute Gasteiger partial charge is 0.236 e. The topological polar surface area (TPSA) is 56.4 Å². The number of H-pyrrole nitrogens is 1. The molecule has 1 aliphatic rings. The zero-order valence-electron chi connectivity index (χ0n) is 16.5. The van der Waals surface area contributed by atoms with Crippen molar-refractivity contribution in [3.63, 3.8) is 0 Å². The summed E-state index contributed by atoms with van der Waals surface area (Å²) >= 11 is 0. The van der Waals surface area contributed by atoms with Crippen LogP contribution in [0.15, 0.2) is 48.5 Å². The van der Waals surface area contributed by atoms with Gasteiger partial charge in [0, 0.05) is 24.0 Å². The Morgan fingerprint density at radius 3 is 2.45 bits per heavy atom. The predicted octanol–water partition coefficient (Wildman–Crippen LogP) is 3.71. The molecular weight excluding hydrogens is 369 g/mol. The van der Waals surface area contributed by atoms with Gasteiger partial charge >= 0.3 is 0 Å². The number of benzene rings is 2. The third kappa shape index (κ3) is 4.07. The highest BCUT2D eigenvalue weighted by Crippen LogP contribution is 2.31. The van der Waals surface area contributed by atoms with Crippen LogP contribution < -0.4 is 0 Å². The van der Waals surface area contributed by atoms with Gasteiger partial charge in [-0.05, 0) is 55.8 Å². The van der Waals surface area contributed by atoms with E-state index in [1.165, 1.54) is 12.1 Å².